The van der Waals surface area contributed by atoms with Crippen molar-refractivity contribution in [2.45, 2.75) is 58.1 Å². The molecule has 2 fully saturated rings. The van der Waals surface area contributed by atoms with E-state index in [9.17, 15) is 4.79 Å². The molecule has 0 radical (unpaired) electrons. The summed E-state index contributed by atoms with van der Waals surface area (Å²) >= 11 is 0. The Labute approximate surface area is 116 Å². The maximum absolute atomic E-state index is 11.6. The standard InChI is InChI=1S/C15H28N2O2/c1-3-12-5-4-6-13(9-12)10-17-7-8-19-11(2)14(17)15(16)18/h11-14H,3-10H2,1-2H3,(H2,16,18)/t11-,12?,13?,14+/m1/s1. The van der Waals surface area contributed by atoms with Gasteiger partial charge in [0.2, 0.25) is 5.91 Å². The van der Waals surface area contributed by atoms with Crippen LogP contribution in [-0.2, 0) is 9.53 Å². The van der Waals surface area contributed by atoms with Crippen molar-refractivity contribution in [1.29, 1.82) is 0 Å². The molecule has 0 aromatic rings. The van der Waals surface area contributed by atoms with Crippen molar-refractivity contribution in [1.82, 2.24) is 4.90 Å². The van der Waals surface area contributed by atoms with Crippen LogP contribution in [0.3, 0.4) is 0 Å². The predicted octanol–water partition coefficient (Wildman–Crippen LogP) is 1.78. The van der Waals surface area contributed by atoms with Crippen LogP contribution in [0.1, 0.15) is 46.0 Å². The van der Waals surface area contributed by atoms with Gasteiger partial charge in [-0.3, -0.25) is 9.69 Å². The molecule has 2 unspecified atom stereocenters. The fourth-order valence-corrected chi connectivity index (χ4v) is 3.77. The Morgan fingerprint density at radius 3 is 2.79 bits per heavy atom. The highest BCUT2D eigenvalue weighted by atomic mass is 16.5. The van der Waals surface area contributed by atoms with E-state index >= 15 is 0 Å². The Bertz CT molecular complexity index is 309. The molecule has 4 nitrogen and oxygen atoms in total. The maximum Gasteiger partial charge on any atom is 0.237 e. The highest BCUT2D eigenvalue weighted by molar-refractivity contribution is 5.80. The zero-order valence-corrected chi connectivity index (χ0v) is 12.3. The van der Waals surface area contributed by atoms with Gasteiger partial charge in [0.25, 0.3) is 0 Å². The Morgan fingerprint density at radius 1 is 1.37 bits per heavy atom. The summed E-state index contributed by atoms with van der Waals surface area (Å²) < 4.78 is 5.57. The van der Waals surface area contributed by atoms with Crippen LogP contribution in [0, 0.1) is 11.8 Å². The Hall–Kier alpha value is -0.610. The lowest BCUT2D eigenvalue weighted by Gasteiger charge is -2.41. The Morgan fingerprint density at radius 2 is 2.11 bits per heavy atom. The molecule has 1 amide bonds. The van der Waals surface area contributed by atoms with Crippen LogP contribution in [0.25, 0.3) is 0 Å². The van der Waals surface area contributed by atoms with Gasteiger partial charge < -0.3 is 10.5 Å². The van der Waals surface area contributed by atoms with E-state index in [1.54, 1.807) is 0 Å². The summed E-state index contributed by atoms with van der Waals surface area (Å²) in [7, 11) is 0. The van der Waals surface area contributed by atoms with Crippen molar-refractivity contribution in [2.24, 2.45) is 17.6 Å². The van der Waals surface area contributed by atoms with Crippen molar-refractivity contribution >= 4 is 5.91 Å². The SMILES string of the molecule is CCC1CCCC(CN2CCO[C@H](C)[C@H]2C(N)=O)C1. The van der Waals surface area contributed by atoms with Crippen molar-refractivity contribution < 1.29 is 9.53 Å². The van der Waals surface area contributed by atoms with Crippen molar-refractivity contribution in [3.8, 4) is 0 Å². The minimum atomic E-state index is -0.241. The average Bonchev–Trinajstić information content (AvgIpc) is 2.38. The molecular formula is C15H28N2O2. The second-order valence-corrected chi connectivity index (χ2v) is 6.22. The predicted molar refractivity (Wildman–Crippen MR) is 75.7 cm³/mol. The van der Waals surface area contributed by atoms with Gasteiger partial charge in [-0.05, 0) is 31.6 Å². The number of amides is 1. The first-order valence-electron chi connectivity index (χ1n) is 7.76. The summed E-state index contributed by atoms with van der Waals surface area (Å²) in [5.41, 5.74) is 5.55. The van der Waals surface area contributed by atoms with Crippen LogP contribution in [0.4, 0.5) is 0 Å². The van der Waals surface area contributed by atoms with Gasteiger partial charge in [0, 0.05) is 13.1 Å². The van der Waals surface area contributed by atoms with E-state index < -0.39 is 0 Å². The minimum Gasteiger partial charge on any atom is -0.375 e. The van der Waals surface area contributed by atoms with E-state index in [0.717, 1.165) is 31.5 Å². The van der Waals surface area contributed by atoms with Gasteiger partial charge in [-0.1, -0.05) is 26.2 Å². The fraction of sp³-hybridized carbons (Fsp3) is 0.933. The average molecular weight is 268 g/mol. The highest BCUT2D eigenvalue weighted by Crippen LogP contribution is 2.32. The number of primary amides is 1. The molecule has 2 N–H and O–H groups in total. The van der Waals surface area contributed by atoms with Crippen molar-refractivity contribution in [3.63, 3.8) is 0 Å². The third-order valence-corrected chi connectivity index (χ3v) is 4.85. The fourth-order valence-electron chi connectivity index (χ4n) is 3.77. The summed E-state index contributed by atoms with van der Waals surface area (Å²) in [4.78, 5) is 13.9. The number of ether oxygens (including phenoxy) is 1. The van der Waals surface area contributed by atoms with Gasteiger partial charge in [0.1, 0.15) is 6.04 Å². The molecule has 110 valence electrons. The van der Waals surface area contributed by atoms with E-state index in [2.05, 4.69) is 11.8 Å². The van der Waals surface area contributed by atoms with Crippen molar-refractivity contribution in [3.05, 3.63) is 0 Å². The maximum atomic E-state index is 11.6. The summed E-state index contributed by atoms with van der Waals surface area (Å²) in [5.74, 6) is 1.37. The molecule has 1 aliphatic carbocycles. The normalized spacial score (nSPS) is 37.2. The minimum absolute atomic E-state index is 0.0724. The number of hydrogen-bond donors (Lipinski definition) is 1. The van der Waals surface area contributed by atoms with Gasteiger partial charge >= 0.3 is 0 Å². The second-order valence-electron chi connectivity index (χ2n) is 6.22. The first-order chi connectivity index (χ1) is 9.11. The van der Waals surface area contributed by atoms with E-state index in [1.807, 2.05) is 6.92 Å². The van der Waals surface area contributed by atoms with Gasteiger partial charge in [-0.25, -0.2) is 0 Å². The molecule has 0 aromatic heterocycles. The van der Waals surface area contributed by atoms with Gasteiger partial charge in [0.15, 0.2) is 0 Å². The van der Waals surface area contributed by atoms with Crippen molar-refractivity contribution in [2.75, 3.05) is 19.7 Å². The Balaban J connectivity index is 1.94. The summed E-state index contributed by atoms with van der Waals surface area (Å²) in [5, 5.41) is 0. The van der Waals surface area contributed by atoms with Crippen LogP contribution in [-0.4, -0.2) is 42.6 Å². The number of carbonyl (C=O) groups excluding carboxylic acids is 1. The molecule has 1 aliphatic heterocycles. The third-order valence-electron chi connectivity index (χ3n) is 4.85. The van der Waals surface area contributed by atoms with Crippen LogP contribution in [0.5, 0.6) is 0 Å². The Kier molecular flexibility index (Phi) is 5.22. The summed E-state index contributed by atoms with van der Waals surface area (Å²) in [6, 6.07) is -0.240. The largest absolute Gasteiger partial charge is 0.375 e. The molecule has 1 saturated heterocycles. The number of carbonyl (C=O) groups is 1. The molecule has 4 heteroatoms. The van der Waals surface area contributed by atoms with Gasteiger partial charge in [-0.15, -0.1) is 0 Å². The molecule has 1 heterocycles. The smallest absolute Gasteiger partial charge is 0.237 e. The molecule has 1 saturated carbocycles. The molecule has 0 bridgehead atoms. The monoisotopic (exact) mass is 268 g/mol. The lowest BCUT2D eigenvalue weighted by Crippen LogP contribution is -2.57. The van der Waals surface area contributed by atoms with Crippen LogP contribution >= 0.6 is 0 Å². The van der Waals surface area contributed by atoms with E-state index in [1.165, 1.54) is 32.1 Å². The summed E-state index contributed by atoms with van der Waals surface area (Å²) in [6.07, 6.45) is 6.55. The van der Waals surface area contributed by atoms with E-state index in [4.69, 9.17) is 10.5 Å². The molecule has 2 aliphatic rings. The van der Waals surface area contributed by atoms with Gasteiger partial charge in [-0.2, -0.15) is 0 Å². The first kappa shape index (κ1) is 14.8. The molecule has 19 heavy (non-hydrogen) atoms. The number of nitrogens with zero attached hydrogens (tertiary/aromatic N) is 1. The van der Waals surface area contributed by atoms with Gasteiger partial charge in [0.05, 0.1) is 12.7 Å². The number of hydrogen-bond acceptors (Lipinski definition) is 3. The number of nitrogens with two attached hydrogens (primary N) is 1. The zero-order chi connectivity index (χ0) is 13.8. The highest BCUT2D eigenvalue weighted by Gasteiger charge is 2.35. The third kappa shape index (κ3) is 3.69. The number of morpholine rings is 1. The molecule has 2 rings (SSSR count). The van der Waals surface area contributed by atoms with Crippen LogP contribution in [0.15, 0.2) is 0 Å². The van der Waals surface area contributed by atoms with Crippen LogP contribution < -0.4 is 5.73 Å². The summed E-state index contributed by atoms with van der Waals surface area (Å²) in [6.45, 7) is 6.81. The molecule has 0 aromatic carbocycles. The van der Waals surface area contributed by atoms with Crippen LogP contribution in [0.2, 0.25) is 0 Å². The molecule has 4 atom stereocenters. The zero-order valence-electron chi connectivity index (χ0n) is 12.3. The van der Waals surface area contributed by atoms with E-state index in [0.29, 0.717) is 0 Å². The second kappa shape index (κ2) is 6.71. The topological polar surface area (TPSA) is 55.6 Å². The first-order valence-corrected chi connectivity index (χ1v) is 7.76. The van der Waals surface area contributed by atoms with E-state index in [-0.39, 0.29) is 18.1 Å². The lowest BCUT2D eigenvalue weighted by molar-refractivity contribution is -0.136. The number of rotatable bonds is 4. The molecule has 0 spiro atoms. The molecular weight excluding hydrogens is 240 g/mol. The lowest BCUT2D eigenvalue weighted by atomic mass is 9.79. The quantitative estimate of drug-likeness (QED) is 0.845.